The van der Waals surface area contributed by atoms with E-state index in [1.54, 1.807) is 24.3 Å². The molecule has 0 bridgehead atoms. The van der Waals surface area contributed by atoms with Crippen LogP contribution in [-0.4, -0.2) is 35.8 Å². The number of imide groups is 1. The van der Waals surface area contributed by atoms with Gasteiger partial charge in [-0.25, -0.2) is 4.79 Å². The fraction of sp³-hybridized carbons (Fsp3) is 0.400. The summed E-state index contributed by atoms with van der Waals surface area (Å²) in [5.41, 5.74) is 0.685. The molecular weight excluding hydrogens is 258 g/mol. The largest absolute Gasteiger partial charge is 0.467 e. The summed E-state index contributed by atoms with van der Waals surface area (Å²) in [5, 5.41) is 0. The Hall–Kier alpha value is -2.17. The number of ether oxygens (including phenoxy) is 1. The maximum absolute atomic E-state index is 12.3. The molecular formula is C15H17NO4. The van der Waals surface area contributed by atoms with E-state index in [1.807, 2.05) is 13.8 Å². The first-order chi connectivity index (χ1) is 9.47. The molecule has 0 spiro atoms. The Labute approximate surface area is 117 Å². The number of carbonyl (C=O) groups is 3. The van der Waals surface area contributed by atoms with Crippen LogP contribution in [0, 0.1) is 5.92 Å². The molecule has 1 aromatic rings. The van der Waals surface area contributed by atoms with Gasteiger partial charge in [0.15, 0.2) is 0 Å². The van der Waals surface area contributed by atoms with Crippen LogP contribution in [-0.2, 0) is 9.53 Å². The van der Waals surface area contributed by atoms with E-state index in [4.69, 9.17) is 4.74 Å². The van der Waals surface area contributed by atoms with Crippen LogP contribution in [0.1, 0.15) is 41.0 Å². The Morgan fingerprint density at radius 3 is 2.05 bits per heavy atom. The quantitative estimate of drug-likeness (QED) is 0.621. The average Bonchev–Trinajstić information content (AvgIpc) is 2.68. The van der Waals surface area contributed by atoms with Gasteiger partial charge in [-0.05, 0) is 24.5 Å². The van der Waals surface area contributed by atoms with Gasteiger partial charge in [0.05, 0.1) is 18.2 Å². The second-order valence-corrected chi connectivity index (χ2v) is 5.19. The van der Waals surface area contributed by atoms with E-state index in [9.17, 15) is 14.4 Å². The number of amides is 2. The van der Waals surface area contributed by atoms with Crippen LogP contribution in [0.25, 0.3) is 0 Å². The number of hydrogen-bond donors (Lipinski definition) is 0. The van der Waals surface area contributed by atoms with Crippen molar-refractivity contribution in [2.45, 2.75) is 26.3 Å². The number of nitrogens with zero attached hydrogens (tertiary/aromatic N) is 1. The molecule has 5 nitrogen and oxygen atoms in total. The van der Waals surface area contributed by atoms with Crippen molar-refractivity contribution in [2.75, 3.05) is 7.11 Å². The van der Waals surface area contributed by atoms with Crippen LogP contribution in [0.5, 0.6) is 0 Å². The van der Waals surface area contributed by atoms with Gasteiger partial charge in [0, 0.05) is 0 Å². The van der Waals surface area contributed by atoms with Crippen molar-refractivity contribution >= 4 is 17.8 Å². The van der Waals surface area contributed by atoms with Gasteiger partial charge in [0.1, 0.15) is 6.04 Å². The van der Waals surface area contributed by atoms with Crippen molar-refractivity contribution in [1.82, 2.24) is 4.90 Å². The lowest BCUT2D eigenvalue weighted by Crippen LogP contribution is -2.46. The van der Waals surface area contributed by atoms with E-state index in [0.29, 0.717) is 17.5 Å². The van der Waals surface area contributed by atoms with Crippen molar-refractivity contribution in [3.63, 3.8) is 0 Å². The first kappa shape index (κ1) is 14.2. The fourth-order valence-corrected chi connectivity index (χ4v) is 2.38. The summed E-state index contributed by atoms with van der Waals surface area (Å²) in [6, 6.07) is 5.72. The highest BCUT2D eigenvalue weighted by molar-refractivity contribution is 6.22. The molecule has 0 saturated carbocycles. The Morgan fingerprint density at radius 2 is 1.65 bits per heavy atom. The normalized spacial score (nSPS) is 15.5. The van der Waals surface area contributed by atoms with Crippen molar-refractivity contribution in [2.24, 2.45) is 5.92 Å². The van der Waals surface area contributed by atoms with Gasteiger partial charge >= 0.3 is 5.97 Å². The molecule has 1 aliphatic rings. The van der Waals surface area contributed by atoms with Crippen molar-refractivity contribution in [3.8, 4) is 0 Å². The van der Waals surface area contributed by atoms with E-state index in [1.165, 1.54) is 7.11 Å². The Bertz CT molecular complexity index is 530. The molecule has 5 heteroatoms. The minimum Gasteiger partial charge on any atom is -0.467 e. The maximum atomic E-state index is 12.3. The molecule has 1 aromatic carbocycles. The maximum Gasteiger partial charge on any atom is 0.329 e. The predicted molar refractivity (Wildman–Crippen MR) is 72.2 cm³/mol. The molecule has 106 valence electrons. The minimum absolute atomic E-state index is 0.156. The minimum atomic E-state index is -0.868. The lowest BCUT2D eigenvalue weighted by atomic mass is 10.0. The van der Waals surface area contributed by atoms with Crippen molar-refractivity contribution in [1.29, 1.82) is 0 Å². The molecule has 2 amide bonds. The number of benzene rings is 1. The molecule has 0 fully saturated rings. The van der Waals surface area contributed by atoms with Crippen LogP contribution in [0.3, 0.4) is 0 Å². The third kappa shape index (κ3) is 2.31. The summed E-state index contributed by atoms with van der Waals surface area (Å²) in [6.45, 7) is 3.85. The van der Waals surface area contributed by atoms with Gasteiger partial charge in [-0.2, -0.15) is 0 Å². The third-order valence-electron chi connectivity index (χ3n) is 3.31. The third-order valence-corrected chi connectivity index (χ3v) is 3.31. The summed E-state index contributed by atoms with van der Waals surface area (Å²) < 4.78 is 4.74. The summed E-state index contributed by atoms with van der Waals surface area (Å²) in [4.78, 5) is 37.6. The monoisotopic (exact) mass is 275 g/mol. The first-order valence-corrected chi connectivity index (χ1v) is 6.52. The van der Waals surface area contributed by atoms with Gasteiger partial charge < -0.3 is 4.74 Å². The number of methoxy groups -OCH3 is 1. The SMILES string of the molecule is COC(=O)[C@@H](CC(C)C)N1C(=O)c2ccccc2C1=O. The highest BCUT2D eigenvalue weighted by Gasteiger charge is 2.43. The summed E-state index contributed by atoms with van der Waals surface area (Å²) >= 11 is 0. The molecule has 0 unspecified atom stereocenters. The van der Waals surface area contributed by atoms with E-state index < -0.39 is 23.8 Å². The van der Waals surface area contributed by atoms with Gasteiger partial charge in [-0.1, -0.05) is 26.0 Å². The summed E-state index contributed by atoms with van der Waals surface area (Å²) in [6.07, 6.45) is 0.387. The molecule has 0 N–H and O–H groups in total. The van der Waals surface area contributed by atoms with E-state index in [0.717, 1.165) is 4.90 Å². The van der Waals surface area contributed by atoms with Crippen LogP contribution >= 0.6 is 0 Å². The number of carbonyl (C=O) groups excluding carboxylic acids is 3. The zero-order valence-electron chi connectivity index (χ0n) is 11.8. The van der Waals surface area contributed by atoms with Gasteiger partial charge in [0.2, 0.25) is 0 Å². The van der Waals surface area contributed by atoms with Crippen LogP contribution < -0.4 is 0 Å². The number of esters is 1. The smallest absolute Gasteiger partial charge is 0.329 e. The molecule has 1 aliphatic heterocycles. The van der Waals surface area contributed by atoms with Gasteiger partial charge in [0.25, 0.3) is 11.8 Å². The Balaban J connectivity index is 2.39. The van der Waals surface area contributed by atoms with Gasteiger partial charge in [-0.3, -0.25) is 14.5 Å². The lowest BCUT2D eigenvalue weighted by molar-refractivity contribution is -0.145. The van der Waals surface area contributed by atoms with E-state index in [-0.39, 0.29) is 5.92 Å². The zero-order chi connectivity index (χ0) is 14.9. The Morgan fingerprint density at radius 1 is 1.15 bits per heavy atom. The second-order valence-electron chi connectivity index (χ2n) is 5.19. The molecule has 2 rings (SSSR count). The van der Waals surface area contributed by atoms with Crippen LogP contribution in [0.15, 0.2) is 24.3 Å². The topological polar surface area (TPSA) is 63.7 Å². The summed E-state index contributed by atoms with van der Waals surface area (Å²) in [5.74, 6) is -1.26. The van der Waals surface area contributed by atoms with Crippen molar-refractivity contribution < 1.29 is 19.1 Å². The molecule has 0 aliphatic carbocycles. The standard InChI is InChI=1S/C15H17NO4/c1-9(2)8-12(15(19)20-3)16-13(17)10-6-4-5-7-11(10)14(16)18/h4-7,9,12H,8H2,1-3H3/t12-/m1/s1. The first-order valence-electron chi connectivity index (χ1n) is 6.52. The molecule has 1 heterocycles. The second kappa shape index (κ2) is 5.45. The summed E-state index contributed by atoms with van der Waals surface area (Å²) in [7, 11) is 1.26. The van der Waals surface area contributed by atoms with Gasteiger partial charge in [-0.15, -0.1) is 0 Å². The van der Waals surface area contributed by atoms with Crippen molar-refractivity contribution in [3.05, 3.63) is 35.4 Å². The number of hydrogen-bond acceptors (Lipinski definition) is 4. The number of fused-ring (bicyclic) bond motifs is 1. The van der Waals surface area contributed by atoms with E-state index in [2.05, 4.69) is 0 Å². The fourth-order valence-electron chi connectivity index (χ4n) is 2.38. The van der Waals surface area contributed by atoms with Crippen LogP contribution in [0.4, 0.5) is 0 Å². The number of rotatable bonds is 4. The molecule has 0 radical (unpaired) electrons. The predicted octanol–water partition coefficient (Wildman–Crippen LogP) is 1.87. The molecule has 0 saturated heterocycles. The Kier molecular flexibility index (Phi) is 3.88. The molecule has 1 atom stereocenters. The highest BCUT2D eigenvalue weighted by Crippen LogP contribution is 2.27. The lowest BCUT2D eigenvalue weighted by Gasteiger charge is -2.25. The highest BCUT2D eigenvalue weighted by atomic mass is 16.5. The molecule has 0 aromatic heterocycles. The van der Waals surface area contributed by atoms with Crippen LogP contribution in [0.2, 0.25) is 0 Å². The average molecular weight is 275 g/mol. The van der Waals surface area contributed by atoms with E-state index >= 15 is 0 Å². The zero-order valence-corrected chi connectivity index (χ0v) is 11.8. The molecule has 20 heavy (non-hydrogen) atoms.